The van der Waals surface area contributed by atoms with Crippen molar-refractivity contribution in [2.24, 2.45) is 0 Å². The zero-order chi connectivity index (χ0) is 9.26. The average molecular weight is 189 g/mol. The van der Waals surface area contributed by atoms with Crippen LogP contribution in [0.3, 0.4) is 0 Å². The number of rotatable bonds is 1. The number of fused-ring (bicyclic) bond motifs is 1. The Morgan fingerprint density at radius 2 is 2.08 bits per heavy atom. The molecule has 0 aliphatic rings. The number of H-pyrrole nitrogens is 1. The van der Waals surface area contributed by atoms with Crippen molar-refractivity contribution in [2.45, 2.75) is 13.3 Å². The zero-order valence-electron chi connectivity index (χ0n) is 7.50. The summed E-state index contributed by atoms with van der Waals surface area (Å²) in [5.41, 5.74) is 2.45. The number of hydrogen-bond donors (Lipinski definition) is 1. The number of para-hydroxylation sites is 1. The van der Waals surface area contributed by atoms with Gasteiger partial charge in [0.2, 0.25) is 0 Å². The summed E-state index contributed by atoms with van der Waals surface area (Å²) in [6.07, 6.45) is 1.03. The first-order valence-electron chi connectivity index (χ1n) is 4.42. The summed E-state index contributed by atoms with van der Waals surface area (Å²) >= 11 is 5.14. The summed E-state index contributed by atoms with van der Waals surface area (Å²) in [6.45, 7) is 2.15. The van der Waals surface area contributed by atoms with E-state index in [1.807, 2.05) is 12.1 Å². The third kappa shape index (κ3) is 1.49. The van der Waals surface area contributed by atoms with Gasteiger partial charge < -0.3 is 4.98 Å². The predicted molar refractivity (Wildman–Crippen MR) is 58.5 cm³/mol. The Morgan fingerprint density at radius 1 is 1.31 bits per heavy atom. The van der Waals surface area contributed by atoms with Crippen LogP contribution in [0.25, 0.3) is 10.9 Å². The highest BCUT2D eigenvalue weighted by atomic mass is 32.1. The van der Waals surface area contributed by atoms with Crippen LogP contribution >= 0.6 is 12.2 Å². The number of hydrogen-bond acceptors (Lipinski definition) is 1. The minimum Gasteiger partial charge on any atom is -0.346 e. The van der Waals surface area contributed by atoms with E-state index in [0.29, 0.717) is 0 Å². The van der Waals surface area contributed by atoms with E-state index in [0.717, 1.165) is 16.6 Å². The molecule has 0 bridgehead atoms. The van der Waals surface area contributed by atoms with Gasteiger partial charge in [0.1, 0.15) is 4.64 Å². The van der Waals surface area contributed by atoms with Gasteiger partial charge in [-0.15, -0.1) is 0 Å². The van der Waals surface area contributed by atoms with Gasteiger partial charge in [-0.25, -0.2) is 0 Å². The molecule has 0 saturated carbocycles. The van der Waals surface area contributed by atoms with Gasteiger partial charge in [0.25, 0.3) is 0 Å². The molecular formula is C11H11NS. The van der Waals surface area contributed by atoms with E-state index >= 15 is 0 Å². The second-order valence-electron chi connectivity index (χ2n) is 3.06. The fourth-order valence-electron chi connectivity index (χ4n) is 1.57. The third-order valence-electron chi connectivity index (χ3n) is 2.22. The number of benzene rings is 1. The van der Waals surface area contributed by atoms with E-state index in [2.05, 4.69) is 30.1 Å². The Morgan fingerprint density at radius 3 is 2.85 bits per heavy atom. The maximum atomic E-state index is 5.14. The Kier molecular flexibility index (Phi) is 2.15. The maximum Gasteiger partial charge on any atom is 0.103 e. The van der Waals surface area contributed by atoms with Crippen LogP contribution in [0.1, 0.15) is 12.5 Å². The van der Waals surface area contributed by atoms with E-state index < -0.39 is 0 Å². The van der Waals surface area contributed by atoms with E-state index in [1.54, 1.807) is 0 Å². The molecule has 1 aromatic heterocycles. The highest BCUT2D eigenvalue weighted by Crippen LogP contribution is 2.16. The first-order chi connectivity index (χ1) is 6.31. The molecule has 0 amide bonds. The van der Waals surface area contributed by atoms with Gasteiger partial charge in [0.05, 0.1) is 0 Å². The zero-order valence-corrected chi connectivity index (χ0v) is 8.32. The first-order valence-corrected chi connectivity index (χ1v) is 4.83. The van der Waals surface area contributed by atoms with Crippen molar-refractivity contribution in [1.29, 1.82) is 0 Å². The molecule has 0 saturated heterocycles. The van der Waals surface area contributed by atoms with Gasteiger partial charge in [-0.1, -0.05) is 37.3 Å². The number of aryl methyl sites for hydroxylation is 1. The van der Waals surface area contributed by atoms with Crippen LogP contribution in [0, 0.1) is 4.64 Å². The van der Waals surface area contributed by atoms with Gasteiger partial charge in [0.15, 0.2) is 0 Å². The fraction of sp³-hybridized carbons (Fsp3) is 0.182. The number of aromatic nitrogens is 1. The lowest BCUT2D eigenvalue weighted by atomic mass is 10.1. The molecule has 0 aliphatic carbocycles. The molecule has 0 radical (unpaired) electrons. The molecule has 2 heteroatoms. The largest absolute Gasteiger partial charge is 0.346 e. The molecular weight excluding hydrogens is 178 g/mol. The second kappa shape index (κ2) is 3.30. The first kappa shape index (κ1) is 8.45. The summed E-state index contributed by atoms with van der Waals surface area (Å²) in [4.78, 5) is 3.18. The van der Waals surface area contributed by atoms with Gasteiger partial charge in [-0.05, 0) is 24.1 Å². The van der Waals surface area contributed by atoms with Gasteiger partial charge in [0, 0.05) is 10.9 Å². The lowest BCUT2D eigenvalue weighted by molar-refractivity contribution is 1.14. The average Bonchev–Trinajstić information content (AvgIpc) is 2.16. The van der Waals surface area contributed by atoms with Crippen molar-refractivity contribution >= 4 is 23.1 Å². The van der Waals surface area contributed by atoms with Gasteiger partial charge >= 0.3 is 0 Å². The minimum absolute atomic E-state index is 0.815. The van der Waals surface area contributed by atoms with E-state index in [4.69, 9.17) is 12.2 Å². The molecule has 0 spiro atoms. The molecule has 0 unspecified atom stereocenters. The van der Waals surface area contributed by atoms with Gasteiger partial charge in [-0.2, -0.15) is 0 Å². The van der Waals surface area contributed by atoms with Crippen LogP contribution in [-0.4, -0.2) is 4.98 Å². The third-order valence-corrected chi connectivity index (χ3v) is 2.44. The second-order valence-corrected chi connectivity index (χ2v) is 3.50. The van der Waals surface area contributed by atoms with Crippen LogP contribution in [-0.2, 0) is 6.42 Å². The predicted octanol–water partition coefficient (Wildman–Crippen LogP) is 3.46. The number of nitrogens with one attached hydrogen (secondary N) is 1. The van der Waals surface area contributed by atoms with Crippen molar-refractivity contribution in [1.82, 2.24) is 4.98 Å². The monoisotopic (exact) mass is 189 g/mol. The fourth-order valence-corrected chi connectivity index (χ4v) is 1.82. The van der Waals surface area contributed by atoms with E-state index in [-0.39, 0.29) is 0 Å². The molecule has 0 aliphatic heterocycles. The van der Waals surface area contributed by atoms with Crippen LogP contribution in [0.15, 0.2) is 30.3 Å². The normalized spacial score (nSPS) is 10.5. The quantitative estimate of drug-likeness (QED) is 0.679. The smallest absolute Gasteiger partial charge is 0.103 e. The summed E-state index contributed by atoms with van der Waals surface area (Å²) in [6, 6.07) is 10.3. The minimum atomic E-state index is 0.815. The summed E-state index contributed by atoms with van der Waals surface area (Å²) < 4.78 is 0.815. The van der Waals surface area contributed by atoms with Crippen molar-refractivity contribution in [2.75, 3.05) is 0 Å². The molecule has 1 heterocycles. The maximum absolute atomic E-state index is 5.14. The van der Waals surface area contributed by atoms with Crippen molar-refractivity contribution in [3.8, 4) is 0 Å². The van der Waals surface area contributed by atoms with Crippen molar-refractivity contribution < 1.29 is 0 Å². The lowest BCUT2D eigenvalue weighted by Crippen LogP contribution is -1.86. The van der Waals surface area contributed by atoms with Crippen LogP contribution in [0.2, 0.25) is 0 Å². The number of pyridine rings is 1. The van der Waals surface area contributed by atoms with Crippen molar-refractivity contribution in [3.63, 3.8) is 0 Å². The molecule has 2 rings (SSSR count). The van der Waals surface area contributed by atoms with E-state index in [9.17, 15) is 0 Å². The molecule has 1 nitrogen and oxygen atoms in total. The Balaban J connectivity index is 2.89. The Labute approximate surface area is 82.4 Å². The van der Waals surface area contributed by atoms with Crippen LogP contribution in [0.4, 0.5) is 0 Å². The van der Waals surface area contributed by atoms with E-state index in [1.165, 1.54) is 10.9 Å². The highest BCUT2D eigenvalue weighted by molar-refractivity contribution is 7.71. The molecule has 1 N–H and O–H groups in total. The SMILES string of the molecule is CCc1cc(=S)[nH]c2ccccc12. The lowest BCUT2D eigenvalue weighted by Gasteiger charge is -2.03. The van der Waals surface area contributed by atoms with Gasteiger partial charge in [-0.3, -0.25) is 0 Å². The summed E-state index contributed by atoms with van der Waals surface area (Å²) in [7, 11) is 0. The standard InChI is InChI=1S/C11H11NS/c1-2-8-7-11(13)12-10-6-4-3-5-9(8)10/h3-7H,2H2,1H3,(H,12,13). The molecule has 13 heavy (non-hydrogen) atoms. The molecule has 66 valence electrons. The van der Waals surface area contributed by atoms with Crippen LogP contribution in [0.5, 0.6) is 0 Å². The molecule has 0 atom stereocenters. The number of aromatic amines is 1. The molecule has 2 aromatic rings. The Hall–Kier alpha value is -1.15. The Bertz CT molecular complexity index is 485. The van der Waals surface area contributed by atoms with Crippen LogP contribution < -0.4 is 0 Å². The summed E-state index contributed by atoms with van der Waals surface area (Å²) in [5, 5.41) is 1.28. The highest BCUT2D eigenvalue weighted by Gasteiger charge is 1.97. The van der Waals surface area contributed by atoms with Crippen molar-refractivity contribution in [3.05, 3.63) is 40.5 Å². The molecule has 1 aromatic carbocycles. The molecule has 0 fully saturated rings. The summed E-state index contributed by atoms with van der Waals surface area (Å²) in [5.74, 6) is 0. The topological polar surface area (TPSA) is 15.8 Å².